The number of halogens is 5. The summed E-state index contributed by atoms with van der Waals surface area (Å²) in [5.41, 5.74) is -0.594. The summed E-state index contributed by atoms with van der Waals surface area (Å²) in [4.78, 5) is 10.7. The summed E-state index contributed by atoms with van der Waals surface area (Å²) >= 11 is 10.9. The molecule has 102 valence electrons. The molecule has 1 rings (SSSR count). The monoisotopic (exact) mass is 320 g/mol. The predicted molar refractivity (Wildman–Crippen MR) is 66.8 cm³/mol. The first kappa shape index (κ1) is 17.4. The molecule has 0 aliphatic rings. The second-order valence-corrected chi connectivity index (χ2v) is 5.52. The van der Waals surface area contributed by atoms with Gasteiger partial charge >= 0.3 is 6.18 Å². The smallest absolute Gasteiger partial charge is 0.284 e. The van der Waals surface area contributed by atoms with Crippen LogP contribution in [0.1, 0.15) is 10.4 Å². The Labute approximate surface area is 115 Å². The standard InChI is InChI=1S/C8H3Cl2F3O.C2H6OS/c9-4-1-2-5(6(10)3-4)7(14)8(11,12)13;1-4(2)3/h1-3H;1-2H3. The third kappa shape index (κ3) is 6.37. The van der Waals surface area contributed by atoms with Gasteiger partial charge in [-0.3, -0.25) is 9.00 Å². The number of benzene rings is 1. The zero-order chi connectivity index (χ0) is 14.5. The summed E-state index contributed by atoms with van der Waals surface area (Å²) in [5.74, 6) is -1.97. The number of rotatable bonds is 1. The van der Waals surface area contributed by atoms with Crippen molar-refractivity contribution in [3.05, 3.63) is 33.8 Å². The third-order valence-electron chi connectivity index (χ3n) is 1.43. The Balaban J connectivity index is 0.000000631. The van der Waals surface area contributed by atoms with Crippen LogP contribution in [0.3, 0.4) is 0 Å². The fourth-order valence-corrected chi connectivity index (χ4v) is 1.32. The first-order valence-corrected chi connectivity index (χ1v) is 7.09. The fourth-order valence-electron chi connectivity index (χ4n) is 0.826. The normalized spacial score (nSPS) is 10.9. The average Bonchev–Trinajstić information content (AvgIpc) is 2.14. The van der Waals surface area contributed by atoms with Crippen molar-refractivity contribution in [1.29, 1.82) is 0 Å². The molecular weight excluding hydrogens is 312 g/mol. The van der Waals surface area contributed by atoms with Gasteiger partial charge in [-0.15, -0.1) is 0 Å². The first-order valence-electron chi connectivity index (χ1n) is 4.37. The molecule has 0 fully saturated rings. The Morgan fingerprint density at radius 1 is 1.22 bits per heavy atom. The van der Waals surface area contributed by atoms with Crippen LogP contribution in [0.15, 0.2) is 18.2 Å². The Morgan fingerprint density at radius 2 is 1.67 bits per heavy atom. The van der Waals surface area contributed by atoms with Gasteiger partial charge in [0.15, 0.2) is 0 Å². The van der Waals surface area contributed by atoms with Crippen molar-refractivity contribution >= 4 is 39.8 Å². The van der Waals surface area contributed by atoms with E-state index in [1.54, 1.807) is 12.5 Å². The van der Waals surface area contributed by atoms with E-state index in [0.717, 1.165) is 12.1 Å². The Bertz CT molecular complexity index is 457. The lowest BCUT2D eigenvalue weighted by molar-refractivity contribution is -0.0885. The van der Waals surface area contributed by atoms with Gasteiger partial charge in [0.2, 0.25) is 0 Å². The van der Waals surface area contributed by atoms with Crippen LogP contribution in [0.4, 0.5) is 13.2 Å². The summed E-state index contributed by atoms with van der Waals surface area (Å²) in [5, 5.41) is -0.131. The Hall–Kier alpha value is -0.590. The van der Waals surface area contributed by atoms with E-state index in [4.69, 9.17) is 23.2 Å². The molecule has 18 heavy (non-hydrogen) atoms. The van der Waals surface area contributed by atoms with E-state index in [1.165, 1.54) is 6.07 Å². The van der Waals surface area contributed by atoms with Gasteiger partial charge < -0.3 is 0 Å². The second kappa shape index (κ2) is 7.11. The van der Waals surface area contributed by atoms with Crippen LogP contribution in [-0.4, -0.2) is 28.7 Å². The average molecular weight is 321 g/mol. The molecule has 1 aromatic rings. The molecule has 0 aliphatic carbocycles. The van der Waals surface area contributed by atoms with Gasteiger partial charge in [-0.25, -0.2) is 0 Å². The molecule has 0 atom stereocenters. The van der Waals surface area contributed by atoms with Crippen molar-refractivity contribution in [3.8, 4) is 0 Å². The number of hydrogen-bond donors (Lipinski definition) is 0. The molecular formula is C10H9Cl2F3O2S. The quantitative estimate of drug-likeness (QED) is 0.739. The van der Waals surface area contributed by atoms with Gasteiger partial charge in [0.1, 0.15) is 0 Å². The number of ketones is 1. The van der Waals surface area contributed by atoms with Crippen LogP contribution in [0, 0.1) is 0 Å². The van der Waals surface area contributed by atoms with E-state index in [1.807, 2.05) is 0 Å². The number of hydrogen-bond acceptors (Lipinski definition) is 2. The summed E-state index contributed by atoms with van der Waals surface area (Å²) in [7, 11) is -0.611. The zero-order valence-electron chi connectivity index (χ0n) is 9.35. The molecule has 0 radical (unpaired) electrons. The van der Waals surface area contributed by atoms with Crippen LogP contribution in [0.25, 0.3) is 0 Å². The topological polar surface area (TPSA) is 34.1 Å². The molecule has 0 saturated carbocycles. The minimum Gasteiger partial charge on any atom is -0.284 e. The van der Waals surface area contributed by atoms with E-state index < -0.39 is 28.3 Å². The maximum Gasteiger partial charge on any atom is 0.454 e. The largest absolute Gasteiger partial charge is 0.454 e. The highest BCUT2D eigenvalue weighted by Crippen LogP contribution is 2.27. The van der Waals surface area contributed by atoms with Crippen LogP contribution in [0.5, 0.6) is 0 Å². The lowest BCUT2D eigenvalue weighted by Gasteiger charge is -2.06. The molecule has 0 heterocycles. The molecule has 0 spiro atoms. The maximum atomic E-state index is 12.0. The van der Waals surface area contributed by atoms with Crippen molar-refractivity contribution in [1.82, 2.24) is 0 Å². The van der Waals surface area contributed by atoms with E-state index in [2.05, 4.69) is 0 Å². The van der Waals surface area contributed by atoms with Crippen molar-refractivity contribution in [3.63, 3.8) is 0 Å². The highest BCUT2D eigenvalue weighted by molar-refractivity contribution is 7.83. The molecule has 0 unspecified atom stereocenters. The van der Waals surface area contributed by atoms with E-state index in [9.17, 15) is 22.2 Å². The van der Waals surface area contributed by atoms with Gasteiger partial charge in [-0.1, -0.05) is 23.2 Å². The predicted octanol–water partition coefficient (Wildman–Crippen LogP) is 3.73. The van der Waals surface area contributed by atoms with Crippen molar-refractivity contribution in [2.24, 2.45) is 0 Å². The number of carbonyl (C=O) groups excluding carboxylic acids is 1. The third-order valence-corrected chi connectivity index (χ3v) is 1.98. The lowest BCUT2D eigenvalue weighted by Crippen LogP contribution is -2.22. The SMILES string of the molecule is CS(C)=O.O=C(c1ccc(Cl)cc1Cl)C(F)(F)F. The number of carbonyl (C=O) groups is 1. The van der Waals surface area contributed by atoms with Crippen LogP contribution >= 0.6 is 23.2 Å². The highest BCUT2D eigenvalue weighted by Gasteiger charge is 2.40. The molecule has 0 aromatic heterocycles. The van der Waals surface area contributed by atoms with Crippen molar-refractivity contribution in [2.45, 2.75) is 6.18 Å². The molecule has 1 aromatic carbocycles. The molecule has 0 saturated heterocycles. The minimum atomic E-state index is -4.92. The van der Waals surface area contributed by atoms with Crippen LogP contribution in [-0.2, 0) is 10.8 Å². The Morgan fingerprint density at radius 3 is 2.00 bits per heavy atom. The molecule has 0 amide bonds. The molecule has 8 heteroatoms. The first-order chi connectivity index (χ1) is 8.05. The summed E-state index contributed by atoms with van der Waals surface area (Å²) < 4.78 is 45.5. The van der Waals surface area contributed by atoms with Gasteiger partial charge in [-0.05, 0) is 18.2 Å². The second-order valence-electron chi connectivity index (χ2n) is 3.19. The summed E-state index contributed by atoms with van der Waals surface area (Å²) in [6, 6.07) is 3.20. The summed E-state index contributed by atoms with van der Waals surface area (Å²) in [6.07, 6.45) is -1.64. The molecule has 0 bridgehead atoms. The van der Waals surface area contributed by atoms with Crippen molar-refractivity contribution in [2.75, 3.05) is 12.5 Å². The zero-order valence-corrected chi connectivity index (χ0v) is 11.7. The number of alkyl halides is 3. The maximum absolute atomic E-state index is 12.0. The number of Topliss-reactive ketones (excluding diaryl/α,β-unsaturated/α-hetero) is 1. The van der Waals surface area contributed by atoms with Gasteiger partial charge in [-0.2, -0.15) is 13.2 Å². The van der Waals surface area contributed by atoms with Gasteiger partial charge in [0.25, 0.3) is 5.78 Å². The lowest BCUT2D eigenvalue weighted by atomic mass is 10.1. The molecule has 0 aliphatic heterocycles. The van der Waals surface area contributed by atoms with E-state index in [-0.39, 0.29) is 10.0 Å². The van der Waals surface area contributed by atoms with E-state index >= 15 is 0 Å². The molecule has 0 N–H and O–H groups in total. The van der Waals surface area contributed by atoms with Crippen molar-refractivity contribution < 1.29 is 22.2 Å². The minimum absolute atomic E-state index is 0.175. The van der Waals surface area contributed by atoms with E-state index in [0.29, 0.717) is 0 Å². The Kier molecular flexibility index (Phi) is 6.88. The summed E-state index contributed by atoms with van der Waals surface area (Å²) in [6.45, 7) is 0. The van der Waals surface area contributed by atoms with Gasteiger partial charge in [0, 0.05) is 33.9 Å². The van der Waals surface area contributed by atoms with Crippen LogP contribution in [0.2, 0.25) is 10.0 Å². The highest BCUT2D eigenvalue weighted by atomic mass is 35.5. The van der Waals surface area contributed by atoms with Gasteiger partial charge in [0.05, 0.1) is 5.02 Å². The fraction of sp³-hybridized carbons (Fsp3) is 0.300. The van der Waals surface area contributed by atoms with Crippen LogP contribution < -0.4 is 0 Å². The molecule has 2 nitrogen and oxygen atoms in total.